The molecular weight excluding hydrogens is 226 g/mol. The smallest absolute Gasteiger partial charge is 0.0375 e. The van der Waals surface area contributed by atoms with Gasteiger partial charge in [0.2, 0.25) is 0 Å². The van der Waals surface area contributed by atoms with Gasteiger partial charge in [0.15, 0.2) is 0 Å². The fraction of sp³-hybridized carbons (Fsp3) is 0.636. The first-order valence-electron chi connectivity index (χ1n) is 5.12. The maximum absolute atomic E-state index is 11.7. The highest BCUT2D eigenvalue weighted by Crippen LogP contribution is 2.11. The van der Waals surface area contributed by atoms with Crippen LogP contribution < -0.4 is 5.32 Å². The molecule has 0 aliphatic heterocycles. The lowest BCUT2D eigenvalue weighted by molar-refractivity contribution is 0.641. The number of rotatable bonds is 5. The third-order valence-corrected chi connectivity index (χ3v) is 4.84. The van der Waals surface area contributed by atoms with Crippen LogP contribution in [0, 0.1) is 0 Å². The Balaban J connectivity index is 2.15. The fourth-order valence-electron chi connectivity index (χ4n) is 1.10. The molecule has 0 radical (unpaired) electrons. The van der Waals surface area contributed by atoms with E-state index in [9.17, 15) is 4.21 Å². The van der Waals surface area contributed by atoms with Crippen molar-refractivity contribution in [3.8, 4) is 0 Å². The van der Waals surface area contributed by atoms with E-state index in [-0.39, 0.29) is 4.75 Å². The molecule has 0 amide bonds. The van der Waals surface area contributed by atoms with Crippen LogP contribution in [0.3, 0.4) is 0 Å². The molecule has 2 nitrogen and oxygen atoms in total. The molecule has 0 aromatic carbocycles. The van der Waals surface area contributed by atoms with E-state index in [1.165, 1.54) is 4.88 Å². The van der Waals surface area contributed by atoms with Gasteiger partial charge in [0.25, 0.3) is 0 Å². The van der Waals surface area contributed by atoms with Crippen LogP contribution in [0.1, 0.15) is 25.6 Å². The molecule has 4 heteroatoms. The van der Waals surface area contributed by atoms with Crippen LogP contribution in [0.5, 0.6) is 0 Å². The quantitative estimate of drug-likeness (QED) is 0.807. The SMILES string of the molecule is CC(C)(C)S(=O)CCNCc1cccs1. The monoisotopic (exact) mass is 245 g/mol. The van der Waals surface area contributed by atoms with Crippen LogP contribution in [0.4, 0.5) is 0 Å². The summed E-state index contributed by atoms with van der Waals surface area (Å²) in [5, 5.41) is 5.38. The highest BCUT2D eigenvalue weighted by Gasteiger charge is 2.18. The first kappa shape index (κ1) is 12.9. The number of thiophene rings is 1. The zero-order valence-corrected chi connectivity index (χ0v) is 11.2. The van der Waals surface area contributed by atoms with Crippen molar-refractivity contribution in [3.05, 3.63) is 22.4 Å². The lowest BCUT2D eigenvalue weighted by Crippen LogP contribution is -2.29. The molecule has 1 unspecified atom stereocenters. The maximum atomic E-state index is 11.7. The van der Waals surface area contributed by atoms with Gasteiger partial charge in [-0.25, -0.2) is 0 Å². The van der Waals surface area contributed by atoms with E-state index in [1.807, 2.05) is 20.8 Å². The summed E-state index contributed by atoms with van der Waals surface area (Å²) in [6.07, 6.45) is 0. The summed E-state index contributed by atoms with van der Waals surface area (Å²) in [6, 6.07) is 4.16. The Bertz CT molecular complexity index is 301. The highest BCUT2D eigenvalue weighted by molar-refractivity contribution is 7.86. The highest BCUT2D eigenvalue weighted by atomic mass is 32.2. The fourth-order valence-corrected chi connectivity index (χ4v) is 2.71. The van der Waals surface area contributed by atoms with Gasteiger partial charge < -0.3 is 5.32 Å². The molecule has 0 bridgehead atoms. The van der Waals surface area contributed by atoms with Crippen LogP contribution in [0.2, 0.25) is 0 Å². The molecule has 86 valence electrons. The van der Waals surface area contributed by atoms with Gasteiger partial charge in [-0.15, -0.1) is 11.3 Å². The Morgan fingerprint density at radius 1 is 1.47 bits per heavy atom. The van der Waals surface area contributed by atoms with E-state index in [1.54, 1.807) is 11.3 Å². The van der Waals surface area contributed by atoms with Crippen LogP contribution in [-0.2, 0) is 17.3 Å². The van der Waals surface area contributed by atoms with Gasteiger partial charge in [-0.1, -0.05) is 6.07 Å². The van der Waals surface area contributed by atoms with E-state index in [0.29, 0.717) is 0 Å². The Hall–Kier alpha value is -0.190. The normalized spacial score (nSPS) is 14.1. The molecule has 1 atom stereocenters. The predicted molar refractivity (Wildman–Crippen MR) is 68.8 cm³/mol. The standard InChI is InChI=1S/C11H19NOS2/c1-11(2,3)15(13)8-6-12-9-10-5-4-7-14-10/h4-5,7,12H,6,8-9H2,1-3H3. The molecule has 1 heterocycles. The molecule has 0 spiro atoms. The lowest BCUT2D eigenvalue weighted by atomic mass is 10.3. The van der Waals surface area contributed by atoms with Crippen molar-refractivity contribution < 1.29 is 4.21 Å². The Labute approximate surface area is 98.6 Å². The summed E-state index contributed by atoms with van der Waals surface area (Å²) in [4.78, 5) is 1.33. The van der Waals surface area contributed by atoms with Gasteiger partial charge in [0, 0.05) is 39.3 Å². The van der Waals surface area contributed by atoms with Gasteiger partial charge in [-0.2, -0.15) is 0 Å². The number of hydrogen-bond acceptors (Lipinski definition) is 3. The van der Waals surface area contributed by atoms with E-state index in [2.05, 4.69) is 22.8 Å². The van der Waals surface area contributed by atoms with Crippen molar-refractivity contribution in [1.82, 2.24) is 5.32 Å². The minimum absolute atomic E-state index is 0.0926. The second-order valence-electron chi connectivity index (χ2n) is 4.42. The van der Waals surface area contributed by atoms with Gasteiger partial charge in [0.05, 0.1) is 0 Å². The molecule has 1 aromatic heterocycles. The first-order valence-corrected chi connectivity index (χ1v) is 7.31. The minimum Gasteiger partial charge on any atom is -0.311 e. The number of hydrogen-bond donors (Lipinski definition) is 1. The summed E-state index contributed by atoms with van der Waals surface area (Å²) in [5.41, 5.74) is 0. The Morgan fingerprint density at radius 2 is 2.20 bits per heavy atom. The minimum atomic E-state index is -0.745. The second kappa shape index (κ2) is 5.77. The molecule has 0 fully saturated rings. The molecule has 0 saturated carbocycles. The Kier molecular flexibility index (Phi) is 4.96. The molecular formula is C11H19NOS2. The van der Waals surface area contributed by atoms with Gasteiger partial charge >= 0.3 is 0 Å². The van der Waals surface area contributed by atoms with Crippen LogP contribution in [-0.4, -0.2) is 21.3 Å². The second-order valence-corrected chi connectivity index (χ2v) is 7.77. The molecule has 1 rings (SSSR count). The Morgan fingerprint density at radius 3 is 2.73 bits per heavy atom. The van der Waals surface area contributed by atoms with Crippen LogP contribution in [0.15, 0.2) is 17.5 Å². The summed E-state index contributed by atoms with van der Waals surface area (Å²) >= 11 is 1.75. The summed E-state index contributed by atoms with van der Waals surface area (Å²) in [7, 11) is -0.745. The van der Waals surface area contributed by atoms with Gasteiger partial charge in [-0.05, 0) is 32.2 Å². The summed E-state index contributed by atoms with van der Waals surface area (Å²) in [5.74, 6) is 0.731. The summed E-state index contributed by atoms with van der Waals surface area (Å²) in [6.45, 7) is 7.76. The van der Waals surface area contributed by atoms with Crippen molar-refractivity contribution in [2.24, 2.45) is 0 Å². The average Bonchev–Trinajstić information content (AvgIpc) is 2.63. The molecule has 15 heavy (non-hydrogen) atoms. The zero-order chi connectivity index (χ0) is 11.3. The average molecular weight is 245 g/mol. The lowest BCUT2D eigenvalue weighted by Gasteiger charge is -2.17. The topological polar surface area (TPSA) is 29.1 Å². The van der Waals surface area contributed by atoms with E-state index in [4.69, 9.17) is 0 Å². The van der Waals surface area contributed by atoms with Crippen molar-refractivity contribution in [3.63, 3.8) is 0 Å². The summed E-state index contributed by atoms with van der Waals surface area (Å²) < 4.78 is 11.6. The van der Waals surface area contributed by atoms with Crippen molar-refractivity contribution in [2.45, 2.75) is 32.1 Å². The van der Waals surface area contributed by atoms with Gasteiger partial charge in [0.1, 0.15) is 0 Å². The largest absolute Gasteiger partial charge is 0.311 e. The van der Waals surface area contributed by atoms with Crippen molar-refractivity contribution in [1.29, 1.82) is 0 Å². The number of nitrogens with one attached hydrogen (secondary N) is 1. The molecule has 0 aliphatic rings. The van der Waals surface area contributed by atoms with Crippen molar-refractivity contribution >= 4 is 22.1 Å². The zero-order valence-electron chi connectivity index (χ0n) is 9.58. The van der Waals surface area contributed by atoms with E-state index < -0.39 is 10.8 Å². The third kappa shape index (κ3) is 4.91. The first-order chi connectivity index (χ1) is 7.00. The van der Waals surface area contributed by atoms with Crippen LogP contribution >= 0.6 is 11.3 Å². The van der Waals surface area contributed by atoms with E-state index >= 15 is 0 Å². The molecule has 1 N–H and O–H groups in total. The van der Waals surface area contributed by atoms with Crippen LogP contribution in [0.25, 0.3) is 0 Å². The predicted octanol–water partition coefficient (Wildman–Crippen LogP) is 2.38. The van der Waals surface area contributed by atoms with Crippen molar-refractivity contribution in [2.75, 3.05) is 12.3 Å². The maximum Gasteiger partial charge on any atom is 0.0375 e. The molecule has 0 aliphatic carbocycles. The third-order valence-electron chi connectivity index (χ3n) is 2.03. The van der Waals surface area contributed by atoms with E-state index in [0.717, 1.165) is 18.8 Å². The molecule has 1 aromatic rings. The molecule has 0 saturated heterocycles. The van der Waals surface area contributed by atoms with Gasteiger partial charge in [-0.3, -0.25) is 4.21 Å².